The molecule has 1 aliphatic rings. The number of nitrogens with zero attached hydrogens (tertiary/aromatic N) is 2. The molecule has 0 radical (unpaired) electrons. The van der Waals surface area contributed by atoms with Crippen LogP contribution in [0.4, 0.5) is 0 Å². The van der Waals surface area contributed by atoms with Crippen molar-refractivity contribution < 1.29 is 4.79 Å². The number of H-pyrrole nitrogens is 1. The van der Waals surface area contributed by atoms with Crippen molar-refractivity contribution >= 4 is 50.1 Å². The number of carbonyl (C=O) groups excluding carboxylic acids is 1. The van der Waals surface area contributed by atoms with Gasteiger partial charge in [-0.05, 0) is 41.5 Å². The zero-order chi connectivity index (χ0) is 26.2. The molecule has 1 atom stereocenters. The fourth-order valence-corrected chi connectivity index (χ4v) is 5.56. The minimum Gasteiger partial charge on any atom is -0.321 e. The summed E-state index contributed by atoms with van der Waals surface area (Å²) in [6.07, 6.45) is 0.378. The molecule has 5 nitrogen and oxygen atoms in total. The summed E-state index contributed by atoms with van der Waals surface area (Å²) >= 11 is 9.98. The molecule has 1 aromatic heterocycles. The summed E-state index contributed by atoms with van der Waals surface area (Å²) in [6, 6.07) is 31.8. The molecule has 0 saturated carbocycles. The molecular weight excluding hydrogens is 562 g/mol. The average molecular weight is 583 g/mol. The molecular formula is C31H21BrClN3O2. The number of carbonyl (C=O) groups is 1. The van der Waals surface area contributed by atoms with E-state index in [0.717, 1.165) is 32.1 Å². The number of aromatic amines is 1. The summed E-state index contributed by atoms with van der Waals surface area (Å²) in [7, 11) is 0. The van der Waals surface area contributed by atoms with Crippen molar-refractivity contribution in [3.05, 3.63) is 140 Å². The number of rotatable bonds is 4. The number of amides is 1. The maximum absolute atomic E-state index is 13.8. The number of benzene rings is 4. The second kappa shape index (κ2) is 10.0. The second-order valence-electron chi connectivity index (χ2n) is 9.07. The van der Waals surface area contributed by atoms with E-state index in [9.17, 15) is 9.59 Å². The van der Waals surface area contributed by atoms with Gasteiger partial charge in [-0.2, -0.15) is 5.10 Å². The fourth-order valence-electron chi connectivity index (χ4n) is 4.99. The van der Waals surface area contributed by atoms with Crippen molar-refractivity contribution in [1.82, 2.24) is 9.99 Å². The van der Waals surface area contributed by atoms with Gasteiger partial charge < -0.3 is 4.98 Å². The zero-order valence-electron chi connectivity index (χ0n) is 20.1. The van der Waals surface area contributed by atoms with E-state index in [4.69, 9.17) is 16.7 Å². The third-order valence-corrected chi connectivity index (χ3v) is 7.56. The molecule has 0 aliphatic carbocycles. The van der Waals surface area contributed by atoms with E-state index in [2.05, 4.69) is 20.9 Å². The minimum atomic E-state index is -0.392. The molecule has 186 valence electrons. The number of hydrogen-bond acceptors (Lipinski definition) is 3. The number of hydrogen-bond donors (Lipinski definition) is 1. The highest BCUT2D eigenvalue weighted by atomic mass is 79.9. The quantitative estimate of drug-likeness (QED) is 0.237. The number of fused-ring (bicyclic) bond motifs is 1. The lowest BCUT2D eigenvalue weighted by atomic mass is 9.91. The van der Waals surface area contributed by atoms with Gasteiger partial charge in [0.2, 0.25) is 0 Å². The van der Waals surface area contributed by atoms with E-state index in [1.807, 2.05) is 78.9 Å². The summed E-state index contributed by atoms with van der Waals surface area (Å²) in [6.45, 7) is 0. The van der Waals surface area contributed by atoms with Crippen molar-refractivity contribution in [2.75, 3.05) is 0 Å². The molecule has 7 heteroatoms. The van der Waals surface area contributed by atoms with Gasteiger partial charge in [0.25, 0.3) is 11.5 Å². The first-order valence-corrected chi connectivity index (χ1v) is 13.3. The summed E-state index contributed by atoms with van der Waals surface area (Å²) in [5.41, 5.74) is 4.43. The number of hydrazone groups is 1. The van der Waals surface area contributed by atoms with Crippen LogP contribution >= 0.6 is 27.5 Å². The number of aromatic nitrogens is 1. The van der Waals surface area contributed by atoms with Crippen LogP contribution in [0.2, 0.25) is 5.02 Å². The van der Waals surface area contributed by atoms with Crippen molar-refractivity contribution in [2.45, 2.75) is 12.5 Å². The first-order chi connectivity index (χ1) is 18.5. The second-order valence-corrected chi connectivity index (χ2v) is 10.4. The Labute approximate surface area is 232 Å². The zero-order valence-corrected chi connectivity index (χ0v) is 22.4. The standard InChI is InChI=1S/C31H21BrClN3O2/c32-21-15-16-25-23(17-21)28(20-11-5-2-6-12-20)29(30(37)34-25)26-18-27(19-9-3-1-4-10-19)36(35-26)31(38)22-13-7-8-14-24(22)33/h1-17,27H,18H2,(H,34,37). The number of pyridine rings is 1. The van der Waals surface area contributed by atoms with Crippen LogP contribution < -0.4 is 5.56 Å². The minimum absolute atomic E-state index is 0.253. The highest BCUT2D eigenvalue weighted by Gasteiger charge is 2.36. The highest BCUT2D eigenvalue weighted by Crippen LogP contribution is 2.38. The van der Waals surface area contributed by atoms with E-state index in [1.165, 1.54) is 5.01 Å². The number of nitrogens with one attached hydrogen (secondary N) is 1. The van der Waals surface area contributed by atoms with Gasteiger partial charge in [0.05, 0.1) is 27.9 Å². The molecule has 1 amide bonds. The fraction of sp³-hybridized carbons (Fsp3) is 0.0645. The predicted molar refractivity (Wildman–Crippen MR) is 156 cm³/mol. The molecule has 0 spiro atoms. The van der Waals surface area contributed by atoms with Crippen LogP contribution in [0.15, 0.2) is 117 Å². The van der Waals surface area contributed by atoms with E-state index >= 15 is 0 Å². The van der Waals surface area contributed by atoms with Crippen LogP contribution in [0.5, 0.6) is 0 Å². The van der Waals surface area contributed by atoms with Crippen LogP contribution in [0.1, 0.15) is 33.9 Å². The molecule has 1 N–H and O–H groups in total. The molecule has 1 aliphatic heterocycles. The Morgan fingerprint density at radius 2 is 1.58 bits per heavy atom. The third kappa shape index (κ3) is 4.36. The Hall–Kier alpha value is -4.00. The Bertz CT molecular complexity index is 1770. The van der Waals surface area contributed by atoms with E-state index in [1.54, 1.807) is 24.3 Å². The van der Waals surface area contributed by atoms with Crippen LogP contribution in [0.25, 0.3) is 22.0 Å². The highest BCUT2D eigenvalue weighted by molar-refractivity contribution is 9.10. The average Bonchev–Trinajstić information content (AvgIpc) is 3.38. The van der Waals surface area contributed by atoms with Crippen LogP contribution in [0, 0.1) is 0 Å². The first-order valence-electron chi connectivity index (χ1n) is 12.1. The van der Waals surface area contributed by atoms with Crippen molar-refractivity contribution in [3.8, 4) is 11.1 Å². The molecule has 0 saturated heterocycles. The van der Waals surface area contributed by atoms with Crippen molar-refractivity contribution in [2.24, 2.45) is 5.10 Å². The van der Waals surface area contributed by atoms with Gasteiger partial charge in [0, 0.05) is 27.4 Å². The Kier molecular flexibility index (Phi) is 6.44. The lowest BCUT2D eigenvalue weighted by Gasteiger charge is -2.22. The maximum atomic E-state index is 13.8. The molecule has 38 heavy (non-hydrogen) atoms. The normalized spacial score (nSPS) is 15.1. The van der Waals surface area contributed by atoms with Crippen LogP contribution in [0.3, 0.4) is 0 Å². The van der Waals surface area contributed by atoms with Gasteiger partial charge in [-0.25, -0.2) is 5.01 Å². The molecule has 5 aromatic rings. The van der Waals surface area contributed by atoms with Gasteiger partial charge in [0.15, 0.2) is 0 Å². The molecule has 1 unspecified atom stereocenters. The Balaban J connectivity index is 1.58. The van der Waals surface area contributed by atoms with Crippen molar-refractivity contribution in [1.29, 1.82) is 0 Å². The lowest BCUT2D eigenvalue weighted by molar-refractivity contribution is 0.0711. The Morgan fingerprint density at radius 1 is 0.895 bits per heavy atom. The molecule has 0 bridgehead atoms. The van der Waals surface area contributed by atoms with Crippen LogP contribution in [-0.4, -0.2) is 21.6 Å². The largest absolute Gasteiger partial charge is 0.321 e. The lowest BCUT2D eigenvalue weighted by Crippen LogP contribution is -2.27. The van der Waals surface area contributed by atoms with E-state index in [-0.39, 0.29) is 11.5 Å². The summed E-state index contributed by atoms with van der Waals surface area (Å²) < 4.78 is 0.895. The third-order valence-electron chi connectivity index (χ3n) is 6.73. The summed E-state index contributed by atoms with van der Waals surface area (Å²) in [4.78, 5) is 30.5. The SMILES string of the molecule is O=C(c1ccccc1Cl)N1N=C(c2c(-c3ccccc3)c3cc(Br)ccc3[nH]c2=O)CC1c1ccccc1. The van der Waals surface area contributed by atoms with E-state index < -0.39 is 6.04 Å². The topological polar surface area (TPSA) is 65.5 Å². The van der Waals surface area contributed by atoms with Gasteiger partial charge >= 0.3 is 0 Å². The predicted octanol–water partition coefficient (Wildman–Crippen LogP) is 7.60. The molecule has 6 rings (SSSR count). The van der Waals surface area contributed by atoms with Gasteiger partial charge in [-0.15, -0.1) is 0 Å². The van der Waals surface area contributed by atoms with Crippen LogP contribution in [-0.2, 0) is 0 Å². The molecule has 0 fully saturated rings. The summed E-state index contributed by atoms with van der Waals surface area (Å²) in [5, 5.41) is 7.52. The Morgan fingerprint density at radius 3 is 2.32 bits per heavy atom. The van der Waals surface area contributed by atoms with Gasteiger partial charge in [0.1, 0.15) is 0 Å². The smallest absolute Gasteiger partial charge is 0.276 e. The number of halogens is 2. The monoisotopic (exact) mass is 581 g/mol. The maximum Gasteiger partial charge on any atom is 0.276 e. The van der Waals surface area contributed by atoms with E-state index in [0.29, 0.717) is 28.3 Å². The molecule has 4 aromatic carbocycles. The summed E-state index contributed by atoms with van der Waals surface area (Å²) in [5.74, 6) is -0.319. The molecule has 2 heterocycles. The first kappa shape index (κ1) is 24.3. The van der Waals surface area contributed by atoms with Crippen molar-refractivity contribution in [3.63, 3.8) is 0 Å². The van der Waals surface area contributed by atoms with Gasteiger partial charge in [-0.3, -0.25) is 9.59 Å². The van der Waals surface area contributed by atoms with Gasteiger partial charge in [-0.1, -0.05) is 100 Å².